The summed E-state index contributed by atoms with van der Waals surface area (Å²) in [5.41, 5.74) is 0.376. The number of anilines is 2. The number of benzene rings is 1. The first-order chi connectivity index (χ1) is 16.7. The second-order valence-electron chi connectivity index (χ2n) is 8.42. The Kier molecular flexibility index (Phi) is 6.88. The van der Waals surface area contributed by atoms with Gasteiger partial charge in [0.15, 0.2) is 12.0 Å². The van der Waals surface area contributed by atoms with Crippen molar-refractivity contribution in [1.82, 2.24) is 14.7 Å². The maximum Gasteiger partial charge on any atom is 0.434 e. The Morgan fingerprint density at radius 2 is 1.74 bits per heavy atom. The van der Waals surface area contributed by atoms with Crippen LogP contribution in [-0.2, 0) is 11.0 Å². The van der Waals surface area contributed by atoms with Crippen molar-refractivity contribution >= 4 is 35.1 Å². The van der Waals surface area contributed by atoms with Gasteiger partial charge < -0.3 is 16.0 Å². The smallest absolute Gasteiger partial charge is 0.368 e. The second-order valence-corrected chi connectivity index (χ2v) is 8.42. The zero-order valence-electron chi connectivity index (χ0n) is 18.9. The first-order valence-electron chi connectivity index (χ1n) is 11.1. The Hall–Kier alpha value is -3.73. The van der Waals surface area contributed by atoms with Crippen molar-refractivity contribution in [1.29, 1.82) is 0 Å². The van der Waals surface area contributed by atoms with E-state index in [1.807, 2.05) is 7.05 Å². The molecule has 1 aromatic carbocycles. The summed E-state index contributed by atoms with van der Waals surface area (Å²) in [5.74, 6) is -0.601. The number of alkyl halides is 3. The number of carbonyl (C=O) groups is 3. The molecule has 1 aliphatic carbocycles. The van der Waals surface area contributed by atoms with Crippen LogP contribution in [0.5, 0.6) is 0 Å². The van der Waals surface area contributed by atoms with Crippen molar-refractivity contribution in [2.75, 3.05) is 17.7 Å². The maximum absolute atomic E-state index is 12.8. The molecular weight excluding hydrogens is 463 g/mol. The molecule has 3 aromatic rings. The van der Waals surface area contributed by atoms with Crippen molar-refractivity contribution in [3.8, 4) is 0 Å². The number of imidazole rings is 1. The highest BCUT2D eigenvalue weighted by Gasteiger charge is 2.34. The Morgan fingerprint density at radius 1 is 1.06 bits per heavy atom. The van der Waals surface area contributed by atoms with Gasteiger partial charge in [0.05, 0.1) is 11.3 Å². The minimum Gasteiger partial charge on any atom is -0.368 e. The number of rotatable bonds is 4. The fourth-order valence-corrected chi connectivity index (χ4v) is 4.29. The fraction of sp³-hybridized carbons (Fsp3) is 0.333. The standard InChI is InChI=1S/C15H19F3N4.C9H5NO3/c1-19-10-5-7-11(8-6-10)20-13-3-2-4-14-21-12(9-22(13)14)15(16,17)18;11-4-5-2-1-3-6-7(5)10-9(13)8(6)12/h2-4,9-11,19-20H,5-8H2,1H3;1-4H,(H,10,12,13). The zero-order chi connectivity index (χ0) is 25.2. The Labute approximate surface area is 198 Å². The minimum atomic E-state index is -4.42. The van der Waals surface area contributed by atoms with Gasteiger partial charge in [-0.25, -0.2) is 4.98 Å². The van der Waals surface area contributed by atoms with Crippen LogP contribution in [0, 0.1) is 0 Å². The summed E-state index contributed by atoms with van der Waals surface area (Å²) in [7, 11) is 1.96. The van der Waals surface area contributed by atoms with Crippen LogP contribution in [0.4, 0.5) is 24.7 Å². The third-order valence-electron chi connectivity index (χ3n) is 6.18. The molecule has 1 saturated carbocycles. The minimum absolute atomic E-state index is 0.273. The lowest BCUT2D eigenvalue weighted by atomic mass is 9.91. The van der Waals surface area contributed by atoms with Crippen molar-refractivity contribution in [2.24, 2.45) is 0 Å². The van der Waals surface area contributed by atoms with Gasteiger partial charge in [-0.05, 0) is 57.0 Å². The van der Waals surface area contributed by atoms with Crippen LogP contribution >= 0.6 is 0 Å². The molecule has 184 valence electrons. The van der Waals surface area contributed by atoms with E-state index in [1.165, 1.54) is 10.5 Å². The van der Waals surface area contributed by atoms with E-state index in [1.54, 1.807) is 30.3 Å². The molecule has 2 aliphatic rings. The van der Waals surface area contributed by atoms with Crippen LogP contribution in [0.15, 0.2) is 42.6 Å². The molecule has 35 heavy (non-hydrogen) atoms. The lowest BCUT2D eigenvalue weighted by Crippen LogP contribution is -2.35. The van der Waals surface area contributed by atoms with Gasteiger partial charge in [-0.15, -0.1) is 0 Å². The third kappa shape index (κ3) is 5.19. The molecule has 3 N–H and O–H groups in total. The van der Waals surface area contributed by atoms with E-state index in [-0.39, 0.29) is 11.6 Å². The number of pyridine rings is 1. The zero-order valence-corrected chi connectivity index (χ0v) is 18.9. The molecular formula is C24H24F3N5O3. The average molecular weight is 487 g/mol. The van der Waals surface area contributed by atoms with Gasteiger partial charge >= 0.3 is 6.18 Å². The van der Waals surface area contributed by atoms with Crippen LogP contribution in [0.25, 0.3) is 5.65 Å². The number of ketones is 1. The molecule has 0 spiro atoms. The first kappa shape index (κ1) is 24.4. The van der Waals surface area contributed by atoms with E-state index in [4.69, 9.17) is 0 Å². The van der Waals surface area contributed by atoms with Crippen LogP contribution in [0.3, 0.4) is 0 Å². The summed E-state index contributed by atoms with van der Waals surface area (Å²) >= 11 is 0. The molecule has 0 bridgehead atoms. The number of hydrogen-bond acceptors (Lipinski definition) is 6. The highest BCUT2D eigenvalue weighted by atomic mass is 19.4. The average Bonchev–Trinajstić information content (AvgIpc) is 3.42. The van der Waals surface area contributed by atoms with Crippen molar-refractivity contribution in [3.63, 3.8) is 0 Å². The highest BCUT2D eigenvalue weighted by molar-refractivity contribution is 6.52. The van der Waals surface area contributed by atoms with Crippen LogP contribution < -0.4 is 16.0 Å². The predicted octanol–water partition coefficient (Wildman–Crippen LogP) is 3.93. The van der Waals surface area contributed by atoms with Crippen LogP contribution in [0.2, 0.25) is 0 Å². The molecule has 1 amide bonds. The number of nitrogens with zero attached hydrogens (tertiary/aromatic N) is 2. The van der Waals surface area contributed by atoms with E-state index >= 15 is 0 Å². The van der Waals surface area contributed by atoms with Gasteiger partial charge in [0, 0.05) is 23.8 Å². The highest BCUT2D eigenvalue weighted by Crippen LogP contribution is 2.30. The maximum atomic E-state index is 12.8. The van der Waals surface area contributed by atoms with E-state index in [2.05, 4.69) is 20.9 Å². The van der Waals surface area contributed by atoms with Gasteiger partial charge in [0.2, 0.25) is 0 Å². The fourth-order valence-electron chi connectivity index (χ4n) is 4.29. The molecule has 11 heteroatoms. The lowest BCUT2D eigenvalue weighted by molar-refractivity contribution is -0.140. The molecule has 8 nitrogen and oxygen atoms in total. The summed E-state index contributed by atoms with van der Waals surface area (Å²) in [4.78, 5) is 36.2. The predicted molar refractivity (Wildman–Crippen MR) is 124 cm³/mol. The normalized spacial score (nSPS) is 19.5. The Balaban J connectivity index is 0.000000189. The number of nitrogens with one attached hydrogen (secondary N) is 3. The number of aldehydes is 1. The Morgan fingerprint density at radius 3 is 2.40 bits per heavy atom. The molecule has 1 aliphatic heterocycles. The van der Waals surface area contributed by atoms with E-state index < -0.39 is 23.6 Å². The number of carbonyl (C=O) groups excluding carboxylic acids is 3. The van der Waals surface area contributed by atoms with E-state index in [9.17, 15) is 27.6 Å². The van der Waals surface area contributed by atoms with Crippen LogP contribution in [-0.4, -0.2) is 46.5 Å². The quantitative estimate of drug-likeness (QED) is 0.381. The number of amides is 1. The summed E-state index contributed by atoms with van der Waals surface area (Å²) < 4.78 is 39.9. The Bertz CT molecular complexity index is 1260. The van der Waals surface area contributed by atoms with Crippen molar-refractivity contribution in [2.45, 2.75) is 43.9 Å². The number of aromatic nitrogens is 2. The molecule has 5 rings (SSSR count). The van der Waals surface area contributed by atoms with Gasteiger partial charge in [-0.3, -0.25) is 18.8 Å². The van der Waals surface area contributed by atoms with Crippen LogP contribution in [0.1, 0.15) is 52.1 Å². The summed E-state index contributed by atoms with van der Waals surface area (Å²) in [6.45, 7) is 0. The van der Waals surface area contributed by atoms with E-state index in [0.717, 1.165) is 31.9 Å². The number of para-hydroxylation sites is 1. The molecule has 2 aromatic heterocycles. The topological polar surface area (TPSA) is 105 Å². The number of hydrogen-bond donors (Lipinski definition) is 3. The second kappa shape index (κ2) is 9.87. The van der Waals surface area contributed by atoms with Gasteiger partial charge in [0.25, 0.3) is 11.7 Å². The van der Waals surface area contributed by atoms with E-state index in [0.29, 0.717) is 35.0 Å². The summed E-state index contributed by atoms with van der Waals surface area (Å²) in [6, 6.07) is 10.6. The molecule has 1 fully saturated rings. The first-order valence-corrected chi connectivity index (χ1v) is 11.1. The molecule has 0 radical (unpaired) electrons. The monoisotopic (exact) mass is 487 g/mol. The largest absolute Gasteiger partial charge is 0.434 e. The van der Waals surface area contributed by atoms with Crippen molar-refractivity contribution in [3.05, 3.63) is 59.4 Å². The molecule has 0 atom stereocenters. The summed E-state index contributed by atoms with van der Waals surface area (Å²) in [6.07, 6.45) is 1.39. The van der Waals surface area contributed by atoms with Gasteiger partial charge in [0.1, 0.15) is 11.5 Å². The number of halogens is 3. The molecule has 0 unspecified atom stereocenters. The van der Waals surface area contributed by atoms with Crippen molar-refractivity contribution < 1.29 is 27.6 Å². The molecule has 0 saturated heterocycles. The lowest BCUT2D eigenvalue weighted by Gasteiger charge is -2.29. The number of Topliss-reactive ketones (excluding diaryl/α,β-unsaturated/α-hetero) is 1. The number of fused-ring (bicyclic) bond motifs is 2. The van der Waals surface area contributed by atoms with Gasteiger partial charge in [-0.1, -0.05) is 12.1 Å². The molecule has 3 heterocycles. The van der Waals surface area contributed by atoms with Gasteiger partial charge in [-0.2, -0.15) is 13.2 Å². The SMILES string of the molecule is CNC1CCC(Nc2cccc3nc(C(F)(F)F)cn23)CC1.O=Cc1cccc2c1NC(=O)C2=O. The summed E-state index contributed by atoms with van der Waals surface area (Å²) in [5, 5.41) is 8.98. The third-order valence-corrected chi connectivity index (χ3v) is 6.18.